The van der Waals surface area contributed by atoms with E-state index < -0.39 is 12.2 Å². The Balaban J connectivity index is 1.83. The van der Waals surface area contributed by atoms with Gasteiger partial charge in [0.05, 0.1) is 19.2 Å². The van der Waals surface area contributed by atoms with Crippen LogP contribution < -0.4 is 5.32 Å². The number of hydrogen-bond acceptors (Lipinski definition) is 5. The van der Waals surface area contributed by atoms with Crippen molar-refractivity contribution in [1.82, 2.24) is 10.4 Å². The highest BCUT2D eigenvalue weighted by atomic mass is 16.6. The van der Waals surface area contributed by atoms with E-state index in [9.17, 15) is 15.1 Å². The zero-order chi connectivity index (χ0) is 21.3. The van der Waals surface area contributed by atoms with Gasteiger partial charge in [-0.15, -0.1) is 0 Å². The van der Waals surface area contributed by atoms with Crippen molar-refractivity contribution < 1.29 is 19.8 Å². The Hall–Kier alpha value is -2.41. The number of rotatable bonds is 9. The van der Waals surface area contributed by atoms with Gasteiger partial charge in [-0.25, -0.2) is 4.79 Å². The summed E-state index contributed by atoms with van der Waals surface area (Å²) in [5.41, 5.74) is 1.56. The van der Waals surface area contributed by atoms with Crippen LogP contribution in [0, 0.1) is 5.41 Å². The lowest BCUT2D eigenvalue weighted by Crippen LogP contribution is -2.35. The van der Waals surface area contributed by atoms with Gasteiger partial charge in [0.15, 0.2) is 0 Å². The number of carbonyl (C=O) groups is 1. The van der Waals surface area contributed by atoms with Gasteiger partial charge in [0, 0.05) is 5.41 Å². The average Bonchev–Trinajstić information content (AvgIpc) is 2.72. The van der Waals surface area contributed by atoms with Crippen molar-refractivity contribution in [2.75, 3.05) is 19.7 Å². The Morgan fingerprint density at radius 3 is 2.10 bits per heavy atom. The maximum Gasteiger partial charge on any atom is 0.434 e. The van der Waals surface area contributed by atoms with E-state index in [1.54, 1.807) is 0 Å². The number of ether oxygens (including phenoxy) is 1. The predicted octanol–water partition coefficient (Wildman–Crippen LogP) is 4.31. The molecule has 2 aromatic rings. The van der Waals surface area contributed by atoms with Gasteiger partial charge in [0.2, 0.25) is 0 Å². The van der Waals surface area contributed by atoms with Crippen LogP contribution in [0.5, 0.6) is 0 Å². The van der Waals surface area contributed by atoms with Crippen molar-refractivity contribution in [2.45, 2.75) is 39.3 Å². The summed E-state index contributed by atoms with van der Waals surface area (Å²) in [4.78, 5) is 12.4. The molecule has 158 valence electrons. The molecule has 0 spiro atoms. The van der Waals surface area contributed by atoms with Gasteiger partial charge in [-0.1, -0.05) is 81.4 Å². The number of nitrogens with one attached hydrogen (secondary N) is 1. The standard InChI is InChI=1S/C23H32N2O4/c1-23(2,3)21(19-13-8-5-9-14-19)29-22(27)25(28)16-10-15-24-20(17-26)18-11-6-4-7-12-18/h4-9,11-14,20-21,24,26,28H,10,15-17H2,1-3H3. The summed E-state index contributed by atoms with van der Waals surface area (Å²) < 4.78 is 5.61. The van der Waals surface area contributed by atoms with E-state index in [-0.39, 0.29) is 24.6 Å². The van der Waals surface area contributed by atoms with E-state index in [4.69, 9.17) is 4.74 Å². The summed E-state index contributed by atoms with van der Waals surface area (Å²) in [5.74, 6) is 0. The number of amides is 1. The van der Waals surface area contributed by atoms with Crippen LogP contribution in [0.3, 0.4) is 0 Å². The molecule has 2 unspecified atom stereocenters. The monoisotopic (exact) mass is 400 g/mol. The van der Waals surface area contributed by atoms with Gasteiger partial charge in [0.25, 0.3) is 0 Å². The fourth-order valence-corrected chi connectivity index (χ4v) is 3.10. The maximum atomic E-state index is 12.4. The molecule has 1 amide bonds. The molecule has 2 atom stereocenters. The van der Waals surface area contributed by atoms with Gasteiger partial charge < -0.3 is 15.2 Å². The molecule has 0 aliphatic rings. The first-order valence-corrected chi connectivity index (χ1v) is 9.94. The molecule has 0 radical (unpaired) electrons. The molecule has 0 heterocycles. The maximum absolute atomic E-state index is 12.4. The number of aliphatic hydroxyl groups excluding tert-OH is 1. The van der Waals surface area contributed by atoms with Crippen LogP contribution >= 0.6 is 0 Å². The second-order valence-electron chi connectivity index (χ2n) is 8.12. The van der Waals surface area contributed by atoms with E-state index >= 15 is 0 Å². The Morgan fingerprint density at radius 2 is 1.59 bits per heavy atom. The van der Waals surface area contributed by atoms with Gasteiger partial charge >= 0.3 is 6.09 Å². The quantitative estimate of drug-likeness (QED) is 0.332. The molecule has 2 rings (SSSR count). The lowest BCUT2D eigenvalue weighted by atomic mass is 9.84. The molecule has 6 nitrogen and oxygen atoms in total. The minimum absolute atomic E-state index is 0.0285. The molecule has 0 saturated heterocycles. The smallest absolute Gasteiger partial charge is 0.434 e. The third kappa shape index (κ3) is 7.16. The Kier molecular flexibility index (Phi) is 8.64. The molecular formula is C23H32N2O4. The summed E-state index contributed by atoms with van der Waals surface area (Å²) in [6.07, 6.45) is -0.725. The number of benzene rings is 2. The fourth-order valence-electron chi connectivity index (χ4n) is 3.10. The Bertz CT molecular complexity index is 732. The highest BCUT2D eigenvalue weighted by Gasteiger charge is 2.31. The zero-order valence-electron chi connectivity index (χ0n) is 17.4. The van der Waals surface area contributed by atoms with E-state index in [2.05, 4.69) is 5.32 Å². The number of nitrogens with zero attached hydrogens (tertiary/aromatic N) is 1. The van der Waals surface area contributed by atoms with E-state index in [0.717, 1.165) is 11.1 Å². The molecule has 29 heavy (non-hydrogen) atoms. The zero-order valence-corrected chi connectivity index (χ0v) is 17.4. The fraction of sp³-hybridized carbons (Fsp3) is 0.435. The number of hydroxylamine groups is 2. The third-order valence-corrected chi connectivity index (χ3v) is 4.64. The second kappa shape index (κ2) is 11.0. The SMILES string of the molecule is CC(C)(C)C(OC(=O)N(O)CCCNC(CO)c1ccccc1)c1ccccc1. The normalized spacial score (nSPS) is 13.6. The van der Waals surface area contributed by atoms with E-state index in [1.165, 1.54) is 0 Å². The summed E-state index contributed by atoms with van der Waals surface area (Å²) in [6.45, 7) is 6.60. The van der Waals surface area contributed by atoms with Crippen LogP contribution in [-0.2, 0) is 4.74 Å². The molecule has 3 N–H and O–H groups in total. The highest BCUT2D eigenvalue weighted by molar-refractivity contribution is 5.66. The van der Waals surface area contributed by atoms with Crippen LogP contribution in [-0.4, -0.2) is 41.2 Å². The number of carbonyl (C=O) groups excluding carboxylic acids is 1. The molecule has 0 fully saturated rings. The van der Waals surface area contributed by atoms with E-state index in [1.807, 2.05) is 81.4 Å². The van der Waals surface area contributed by atoms with E-state index in [0.29, 0.717) is 18.0 Å². The van der Waals surface area contributed by atoms with Crippen LogP contribution in [0.15, 0.2) is 60.7 Å². The third-order valence-electron chi connectivity index (χ3n) is 4.64. The number of hydrogen-bond donors (Lipinski definition) is 3. The van der Waals surface area contributed by atoms with Crippen LogP contribution in [0.1, 0.15) is 50.5 Å². The first kappa shape index (κ1) is 22.9. The lowest BCUT2D eigenvalue weighted by Gasteiger charge is -2.31. The minimum atomic E-state index is -0.768. The van der Waals surface area contributed by atoms with Crippen LogP contribution in [0.25, 0.3) is 0 Å². The van der Waals surface area contributed by atoms with Crippen molar-refractivity contribution in [2.24, 2.45) is 5.41 Å². The van der Waals surface area contributed by atoms with Crippen molar-refractivity contribution in [3.05, 3.63) is 71.8 Å². The Labute approximate surface area is 173 Å². The summed E-state index contributed by atoms with van der Waals surface area (Å²) in [6, 6.07) is 19.0. The summed E-state index contributed by atoms with van der Waals surface area (Å²) in [7, 11) is 0. The first-order chi connectivity index (χ1) is 13.8. The van der Waals surface area contributed by atoms with Gasteiger partial charge in [0.1, 0.15) is 6.10 Å². The average molecular weight is 401 g/mol. The van der Waals surface area contributed by atoms with Crippen LogP contribution in [0.2, 0.25) is 0 Å². The van der Waals surface area contributed by atoms with Gasteiger partial charge in [-0.2, -0.15) is 5.06 Å². The van der Waals surface area contributed by atoms with Crippen molar-refractivity contribution in [3.8, 4) is 0 Å². The largest absolute Gasteiger partial charge is 0.439 e. The second-order valence-corrected chi connectivity index (χ2v) is 8.12. The molecule has 0 aromatic heterocycles. The molecule has 6 heteroatoms. The van der Waals surface area contributed by atoms with Crippen molar-refractivity contribution in [3.63, 3.8) is 0 Å². The highest BCUT2D eigenvalue weighted by Crippen LogP contribution is 2.36. The summed E-state index contributed by atoms with van der Waals surface area (Å²) >= 11 is 0. The molecule has 0 aliphatic heterocycles. The van der Waals surface area contributed by atoms with Crippen LogP contribution in [0.4, 0.5) is 4.79 Å². The molecular weight excluding hydrogens is 368 g/mol. The van der Waals surface area contributed by atoms with Crippen molar-refractivity contribution in [1.29, 1.82) is 0 Å². The first-order valence-electron chi connectivity index (χ1n) is 9.94. The number of aliphatic hydroxyl groups is 1. The van der Waals surface area contributed by atoms with Gasteiger partial charge in [-0.3, -0.25) is 5.21 Å². The topological polar surface area (TPSA) is 82.0 Å². The molecule has 0 saturated carbocycles. The lowest BCUT2D eigenvalue weighted by molar-refractivity contribution is -0.0960. The molecule has 0 aliphatic carbocycles. The minimum Gasteiger partial charge on any atom is -0.439 e. The summed E-state index contributed by atoms with van der Waals surface area (Å²) in [5, 5.41) is 23.5. The predicted molar refractivity (Wildman–Crippen MR) is 113 cm³/mol. The molecule has 2 aromatic carbocycles. The molecule has 0 bridgehead atoms. The Morgan fingerprint density at radius 1 is 1.03 bits per heavy atom. The van der Waals surface area contributed by atoms with Crippen molar-refractivity contribution >= 4 is 6.09 Å². The van der Waals surface area contributed by atoms with Gasteiger partial charge in [-0.05, 0) is 24.1 Å².